The Morgan fingerprint density at radius 2 is 1.81 bits per heavy atom. The van der Waals surface area contributed by atoms with Crippen molar-refractivity contribution in [3.05, 3.63) is 58.5 Å². The van der Waals surface area contributed by atoms with Crippen molar-refractivity contribution in [1.82, 2.24) is 4.98 Å². The van der Waals surface area contributed by atoms with E-state index in [0.29, 0.717) is 32.4 Å². The Morgan fingerprint density at radius 1 is 1.10 bits per heavy atom. The van der Waals surface area contributed by atoms with Gasteiger partial charge >= 0.3 is 0 Å². The highest BCUT2D eigenvalue weighted by atomic mass is 35.5. The number of anilines is 1. The smallest absolute Gasteiger partial charge is 0.189 e. The molecule has 0 unspecified atom stereocenters. The van der Waals surface area contributed by atoms with Crippen molar-refractivity contribution in [1.29, 1.82) is 0 Å². The first kappa shape index (κ1) is 13.9. The number of nitrogens with zero attached hydrogens (tertiary/aromatic N) is 1. The zero-order valence-corrected chi connectivity index (χ0v) is 12.1. The van der Waals surface area contributed by atoms with Gasteiger partial charge in [0.25, 0.3) is 0 Å². The molecule has 0 atom stereocenters. The van der Waals surface area contributed by atoms with Crippen molar-refractivity contribution in [2.24, 2.45) is 0 Å². The third-order valence-corrected chi connectivity index (χ3v) is 3.33. The lowest BCUT2D eigenvalue weighted by atomic mass is 10.1. The summed E-state index contributed by atoms with van der Waals surface area (Å²) in [5.41, 5.74) is 6.43. The number of nitrogens with two attached hydrogens (primary N) is 1. The van der Waals surface area contributed by atoms with Gasteiger partial charge in [0.05, 0.1) is 0 Å². The van der Waals surface area contributed by atoms with Crippen LogP contribution in [0.3, 0.4) is 0 Å². The highest BCUT2D eigenvalue weighted by Crippen LogP contribution is 2.36. The van der Waals surface area contributed by atoms with Gasteiger partial charge in [-0.2, -0.15) is 0 Å². The quantitative estimate of drug-likeness (QED) is 0.671. The van der Waals surface area contributed by atoms with Gasteiger partial charge in [-0.05, 0) is 30.3 Å². The number of fused-ring (bicyclic) bond motifs is 1. The molecule has 2 aromatic carbocycles. The minimum Gasteiger partial charge on any atom is -0.452 e. The zero-order valence-electron chi connectivity index (χ0n) is 10.6. The maximum Gasteiger partial charge on any atom is 0.189 e. The highest BCUT2D eigenvalue weighted by molar-refractivity contribution is 6.34. The van der Waals surface area contributed by atoms with Crippen LogP contribution in [0.5, 0.6) is 11.5 Å². The molecule has 3 rings (SSSR count). The molecule has 0 amide bonds. The van der Waals surface area contributed by atoms with E-state index in [1.54, 1.807) is 24.4 Å². The number of benzene rings is 2. The van der Waals surface area contributed by atoms with Crippen LogP contribution in [0, 0.1) is 5.82 Å². The van der Waals surface area contributed by atoms with Gasteiger partial charge in [0.15, 0.2) is 11.6 Å². The van der Waals surface area contributed by atoms with Crippen LogP contribution in [-0.4, -0.2) is 4.98 Å². The number of aromatic nitrogens is 1. The van der Waals surface area contributed by atoms with E-state index in [1.807, 2.05) is 0 Å². The molecule has 0 spiro atoms. The van der Waals surface area contributed by atoms with Crippen LogP contribution in [0.15, 0.2) is 42.6 Å². The Labute approximate surface area is 130 Å². The van der Waals surface area contributed by atoms with E-state index in [2.05, 4.69) is 4.98 Å². The van der Waals surface area contributed by atoms with E-state index in [0.717, 1.165) is 0 Å². The molecule has 21 heavy (non-hydrogen) atoms. The lowest BCUT2D eigenvalue weighted by Crippen LogP contribution is -1.96. The maximum atomic E-state index is 14.2. The van der Waals surface area contributed by atoms with Crippen molar-refractivity contribution in [3.8, 4) is 11.5 Å². The molecule has 0 aliphatic carbocycles. The molecular weight excluding hydrogens is 314 g/mol. The number of pyridine rings is 1. The van der Waals surface area contributed by atoms with Crippen molar-refractivity contribution >= 4 is 39.8 Å². The van der Waals surface area contributed by atoms with E-state index in [1.165, 1.54) is 18.2 Å². The van der Waals surface area contributed by atoms with Crippen LogP contribution in [0.2, 0.25) is 10.0 Å². The summed E-state index contributed by atoms with van der Waals surface area (Å²) in [7, 11) is 0. The molecule has 0 aliphatic rings. The number of nitrogen functional groups attached to an aromatic ring is 1. The fraction of sp³-hybridized carbons (Fsp3) is 0. The minimum atomic E-state index is -0.602. The summed E-state index contributed by atoms with van der Waals surface area (Å²) in [6, 6.07) is 9.30. The molecule has 1 heterocycles. The summed E-state index contributed by atoms with van der Waals surface area (Å²) in [4.78, 5) is 4.13. The molecule has 3 nitrogen and oxygen atoms in total. The van der Waals surface area contributed by atoms with Gasteiger partial charge in [-0.1, -0.05) is 23.2 Å². The van der Waals surface area contributed by atoms with Gasteiger partial charge in [-0.15, -0.1) is 0 Å². The van der Waals surface area contributed by atoms with E-state index in [4.69, 9.17) is 33.7 Å². The van der Waals surface area contributed by atoms with Crippen molar-refractivity contribution in [2.75, 3.05) is 5.73 Å². The van der Waals surface area contributed by atoms with Gasteiger partial charge in [0.2, 0.25) is 0 Å². The van der Waals surface area contributed by atoms with Crippen LogP contribution in [0.25, 0.3) is 10.9 Å². The van der Waals surface area contributed by atoms with E-state index < -0.39 is 5.82 Å². The minimum absolute atomic E-state index is 0.0156. The molecule has 6 heteroatoms. The molecule has 0 saturated carbocycles. The molecule has 0 fully saturated rings. The first-order valence-corrected chi connectivity index (χ1v) is 6.77. The van der Waals surface area contributed by atoms with Crippen LogP contribution in [-0.2, 0) is 0 Å². The van der Waals surface area contributed by atoms with Crippen molar-refractivity contribution in [2.45, 2.75) is 0 Å². The third-order valence-electron chi connectivity index (χ3n) is 2.89. The second kappa shape index (κ2) is 5.39. The average molecular weight is 323 g/mol. The Morgan fingerprint density at radius 3 is 2.52 bits per heavy atom. The monoisotopic (exact) mass is 322 g/mol. The summed E-state index contributed by atoms with van der Waals surface area (Å²) >= 11 is 11.8. The molecule has 3 aromatic rings. The molecule has 106 valence electrons. The topological polar surface area (TPSA) is 48.1 Å². The normalized spacial score (nSPS) is 10.8. The molecular formula is C15H9Cl2FN2O. The second-order valence-corrected chi connectivity index (χ2v) is 5.26. The average Bonchev–Trinajstić information content (AvgIpc) is 2.42. The zero-order chi connectivity index (χ0) is 15.0. The SMILES string of the molecule is Nc1cc(F)c(Oc2cc(Cl)cc(Cl)c2)c2ncccc12. The van der Waals surface area contributed by atoms with E-state index >= 15 is 0 Å². The summed E-state index contributed by atoms with van der Waals surface area (Å²) in [6.45, 7) is 0. The predicted octanol–water partition coefficient (Wildman–Crippen LogP) is 5.06. The van der Waals surface area contributed by atoms with Crippen molar-refractivity contribution < 1.29 is 9.13 Å². The number of ether oxygens (including phenoxy) is 1. The Kier molecular flexibility index (Phi) is 3.57. The lowest BCUT2D eigenvalue weighted by molar-refractivity contribution is 0.447. The molecule has 0 saturated heterocycles. The number of hydrogen-bond acceptors (Lipinski definition) is 3. The van der Waals surface area contributed by atoms with Gasteiger partial charge in [0.1, 0.15) is 11.3 Å². The fourth-order valence-electron chi connectivity index (χ4n) is 2.01. The Bertz CT molecular complexity index is 819. The number of hydrogen-bond donors (Lipinski definition) is 1. The van der Waals surface area contributed by atoms with E-state index in [9.17, 15) is 4.39 Å². The van der Waals surface area contributed by atoms with Gasteiger partial charge in [0, 0.05) is 33.4 Å². The first-order valence-electron chi connectivity index (χ1n) is 6.01. The molecule has 0 bridgehead atoms. The summed E-state index contributed by atoms with van der Waals surface area (Å²) < 4.78 is 19.7. The van der Waals surface area contributed by atoms with Gasteiger partial charge in [-0.25, -0.2) is 4.39 Å². The standard InChI is InChI=1S/C15H9Cl2FN2O/c16-8-4-9(17)6-10(5-8)21-15-12(18)7-13(19)11-2-1-3-20-14(11)15/h1-7H,19H2. The van der Waals surface area contributed by atoms with Gasteiger partial charge < -0.3 is 10.5 Å². The van der Waals surface area contributed by atoms with Crippen molar-refractivity contribution in [3.63, 3.8) is 0 Å². The number of rotatable bonds is 2. The number of halogens is 3. The summed E-state index contributed by atoms with van der Waals surface area (Å²) in [5, 5.41) is 1.40. The fourth-order valence-corrected chi connectivity index (χ4v) is 2.52. The van der Waals surface area contributed by atoms with E-state index in [-0.39, 0.29) is 5.75 Å². The highest BCUT2D eigenvalue weighted by Gasteiger charge is 2.14. The third kappa shape index (κ3) is 2.73. The molecule has 2 N–H and O–H groups in total. The van der Waals surface area contributed by atoms with Gasteiger partial charge in [-0.3, -0.25) is 4.98 Å². The maximum absolute atomic E-state index is 14.2. The largest absolute Gasteiger partial charge is 0.452 e. The summed E-state index contributed by atoms with van der Waals surface area (Å²) in [5.74, 6) is -0.295. The second-order valence-electron chi connectivity index (χ2n) is 4.38. The molecule has 0 radical (unpaired) electrons. The van der Waals surface area contributed by atoms with Crippen LogP contribution < -0.4 is 10.5 Å². The molecule has 1 aromatic heterocycles. The Hall–Kier alpha value is -2.04. The predicted molar refractivity (Wildman–Crippen MR) is 82.6 cm³/mol. The first-order chi connectivity index (χ1) is 10.0. The molecule has 0 aliphatic heterocycles. The van der Waals surface area contributed by atoms with Crippen LogP contribution >= 0.6 is 23.2 Å². The van der Waals surface area contributed by atoms with Crippen LogP contribution in [0.1, 0.15) is 0 Å². The Balaban J connectivity index is 2.16. The lowest BCUT2D eigenvalue weighted by Gasteiger charge is -2.11. The van der Waals surface area contributed by atoms with Crippen LogP contribution in [0.4, 0.5) is 10.1 Å². The summed E-state index contributed by atoms with van der Waals surface area (Å²) in [6.07, 6.45) is 1.54.